The number of rotatable bonds is 6. The van der Waals surface area contributed by atoms with E-state index in [1.54, 1.807) is 13.0 Å². The summed E-state index contributed by atoms with van der Waals surface area (Å²) < 4.78 is 13.2. The molecule has 2 nitrogen and oxygen atoms in total. The number of aliphatic hydroxyl groups is 1. The third-order valence-electron chi connectivity index (χ3n) is 2.62. The van der Waals surface area contributed by atoms with Gasteiger partial charge in [-0.25, -0.2) is 4.39 Å². The van der Waals surface area contributed by atoms with E-state index in [1.165, 1.54) is 12.1 Å². The first kappa shape index (κ1) is 13.7. The maximum absolute atomic E-state index is 13.2. The van der Waals surface area contributed by atoms with Crippen LogP contribution in [0.4, 0.5) is 10.1 Å². The molecule has 0 aliphatic rings. The number of hydrogen-bond donors (Lipinski definition) is 1. The lowest BCUT2D eigenvalue weighted by molar-refractivity contribution is 0.199. The second-order valence-corrected chi connectivity index (χ2v) is 4.11. The highest BCUT2D eigenvalue weighted by Crippen LogP contribution is 2.27. The molecule has 17 heavy (non-hydrogen) atoms. The first-order valence-corrected chi connectivity index (χ1v) is 5.93. The topological polar surface area (TPSA) is 23.5 Å². The number of halogens is 1. The molecule has 3 heteroatoms. The second kappa shape index (κ2) is 6.40. The van der Waals surface area contributed by atoms with Crippen LogP contribution in [-0.4, -0.2) is 18.2 Å². The Morgan fingerprint density at radius 1 is 1.53 bits per heavy atom. The van der Waals surface area contributed by atoms with Gasteiger partial charge in [0.15, 0.2) is 0 Å². The van der Waals surface area contributed by atoms with Crippen molar-refractivity contribution in [2.24, 2.45) is 0 Å². The Labute approximate surface area is 102 Å². The summed E-state index contributed by atoms with van der Waals surface area (Å²) in [6.07, 6.45) is 2.12. The molecule has 0 amide bonds. The number of aliphatic hydroxyl groups excluding tert-OH is 1. The predicted octanol–water partition coefficient (Wildman–Crippen LogP) is 3.28. The number of anilines is 1. The summed E-state index contributed by atoms with van der Waals surface area (Å²) in [5.74, 6) is -0.320. The van der Waals surface area contributed by atoms with Crippen LogP contribution in [0.15, 0.2) is 30.9 Å². The van der Waals surface area contributed by atoms with Gasteiger partial charge in [-0.3, -0.25) is 0 Å². The van der Waals surface area contributed by atoms with Gasteiger partial charge in [0.05, 0.1) is 6.10 Å². The molecule has 0 aliphatic heterocycles. The Hall–Kier alpha value is -1.35. The molecule has 94 valence electrons. The fraction of sp³-hybridized carbons (Fsp3) is 0.429. The van der Waals surface area contributed by atoms with Crippen LogP contribution in [0.3, 0.4) is 0 Å². The summed E-state index contributed by atoms with van der Waals surface area (Å²) in [6.45, 7) is 9.01. The molecule has 0 saturated heterocycles. The molecule has 0 bridgehead atoms. The van der Waals surface area contributed by atoms with Gasteiger partial charge in [-0.2, -0.15) is 0 Å². The monoisotopic (exact) mass is 237 g/mol. The van der Waals surface area contributed by atoms with Crippen LogP contribution >= 0.6 is 0 Å². The van der Waals surface area contributed by atoms with Crippen molar-refractivity contribution >= 4 is 5.69 Å². The first-order chi connectivity index (χ1) is 8.10. The van der Waals surface area contributed by atoms with E-state index < -0.39 is 6.10 Å². The first-order valence-electron chi connectivity index (χ1n) is 5.93. The largest absolute Gasteiger partial charge is 0.389 e. The summed E-state index contributed by atoms with van der Waals surface area (Å²) in [7, 11) is 0. The van der Waals surface area contributed by atoms with Gasteiger partial charge in [0.2, 0.25) is 0 Å². The van der Waals surface area contributed by atoms with Crippen molar-refractivity contribution in [1.29, 1.82) is 0 Å². The molecule has 1 rings (SSSR count). The van der Waals surface area contributed by atoms with Gasteiger partial charge >= 0.3 is 0 Å². The minimum atomic E-state index is -0.676. The maximum atomic E-state index is 13.2. The highest BCUT2D eigenvalue weighted by atomic mass is 19.1. The molecular formula is C14H20FNO. The van der Waals surface area contributed by atoms with Crippen LogP contribution in [0.1, 0.15) is 31.9 Å². The zero-order chi connectivity index (χ0) is 12.8. The fourth-order valence-corrected chi connectivity index (χ4v) is 1.88. The Balaban J connectivity index is 3.11. The Morgan fingerprint density at radius 2 is 2.24 bits per heavy atom. The van der Waals surface area contributed by atoms with Gasteiger partial charge in [-0.05, 0) is 31.5 Å². The van der Waals surface area contributed by atoms with Crippen LogP contribution in [0, 0.1) is 5.82 Å². The van der Waals surface area contributed by atoms with Crippen molar-refractivity contribution in [1.82, 2.24) is 0 Å². The normalized spacial score (nSPS) is 12.2. The lowest BCUT2D eigenvalue weighted by atomic mass is 10.1. The van der Waals surface area contributed by atoms with Crippen molar-refractivity contribution in [3.63, 3.8) is 0 Å². The average molecular weight is 237 g/mol. The SMILES string of the molecule is C=CCN(CCC)c1ccc(F)cc1C(C)O. The van der Waals surface area contributed by atoms with Gasteiger partial charge in [-0.15, -0.1) is 6.58 Å². The molecule has 1 N–H and O–H groups in total. The fourth-order valence-electron chi connectivity index (χ4n) is 1.88. The minimum absolute atomic E-state index is 0.320. The molecule has 0 radical (unpaired) electrons. The standard InChI is InChI=1S/C14H20FNO/c1-4-8-16(9-5-2)14-7-6-12(15)10-13(14)11(3)17/h4,6-7,10-11,17H,1,5,8-9H2,2-3H3. The molecule has 0 heterocycles. The van der Waals surface area contributed by atoms with Crippen molar-refractivity contribution in [2.45, 2.75) is 26.4 Å². The summed E-state index contributed by atoms with van der Waals surface area (Å²) in [4.78, 5) is 2.09. The Bertz CT molecular complexity index is 376. The predicted molar refractivity (Wildman–Crippen MR) is 69.7 cm³/mol. The van der Waals surface area contributed by atoms with Gasteiger partial charge in [0.25, 0.3) is 0 Å². The molecule has 0 aliphatic carbocycles. The number of nitrogens with zero attached hydrogens (tertiary/aromatic N) is 1. The molecule has 0 spiro atoms. The van der Waals surface area contributed by atoms with Gasteiger partial charge in [-0.1, -0.05) is 13.0 Å². The van der Waals surface area contributed by atoms with E-state index in [0.717, 1.165) is 18.7 Å². The highest BCUT2D eigenvalue weighted by molar-refractivity contribution is 5.55. The van der Waals surface area contributed by atoms with Gasteiger partial charge < -0.3 is 10.0 Å². The lowest BCUT2D eigenvalue weighted by Crippen LogP contribution is -2.25. The van der Waals surface area contributed by atoms with E-state index in [-0.39, 0.29) is 5.82 Å². The van der Waals surface area contributed by atoms with Gasteiger partial charge in [0, 0.05) is 24.3 Å². The van der Waals surface area contributed by atoms with Crippen molar-refractivity contribution < 1.29 is 9.50 Å². The summed E-state index contributed by atoms with van der Waals surface area (Å²) in [5.41, 5.74) is 1.50. The molecule has 1 unspecified atom stereocenters. The van der Waals surface area contributed by atoms with E-state index >= 15 is 0 Å². The Kier molecular flexibility index (Phi) is 5.16. The van der Waals surface area contributed by atoms with Crippen LogP contribution < -0.4 is 4.90 Å². The molecule has 1 aromatic carbocycles. The molecule has 1 atom stereocenters. The number of benzene rings is 1. The Morgan fingerprint density at radius 3 is 2.76 bits per heavy atom. The molecule has 0 fully saturated rings. The van der Waals surface area contributed by atoms with Crippen LogP contribution in [0.5, 0.6) is 0 Å². The lowest BCUT2D eigenvalue weighted by Gasteiger charge is -2.26. The van der Waals surface area contributed by atoms with E-state index in [1.807, 2.05) is 6.08 Å². The number of hydrogen-bond acceptors (Lipinski definition) is 2. The minimum Gasteiger partial charge on any atom is -0.389 e. The maximum Gasteiger partial charge on any atom is 0.123 e. The molecule has 1 aromatic rings. The zero-order valence-corrected chi connectivity index (χ0v) is 10.5. The zero-order valence-electron chi connectivity index (χ0n) is 10.5. The van der Waals surface area contributed by atoms with E-state index in [2.05, 4.69) is 18.4 Å². The highest BCUT2D eigenvalue weighted by Gasteiger charge is 2.14. The van der Waals surface area contributed by atoms with Gasteiger partial charge in [0.1, 0.15) is 5.82 Å². The smallest absolute Gasteiger partial charge is 0.123 e. The molecule has 0 aromatic heterocycles. The van der Waals surface area contributed by atoms with E-state index in [4.69, 9.17) is 0 Å². The third-order valence-corrected chi connectivity index (χ3v) is 2.62. The second-order valence-electron chi connectivity index (χ2n) is 4.11. The van der Waals surface area contributed by atoms with E-state index in [9.17, 15) is 9.50 Å². The van der Waals surface area contributed by atoms with Crippen LogP contribution in [0.2, 0.25) is 0 Å². The van der Waals surface area contributed by atoms with Crippen LogP contribution in [-0.2, 0) is 0 Å². The summed E-state index contributed by atoms with van der Waals surface area (Å²) >= 11 is 0. The summed E-state index contributed by atoms with van der Waals surface area (Å²) in [6, 6.07) is 4.54. The summed E-state index contributed by atoms with van der Waals surface area (Å²) in [5, 5.41) is 9.70. The molecule has 0 saturated carbocycles. The van der Waals surface area contributed by atoms with Crippen LogP contribution in [0.25, 0.3) is 0 Å². The average Bonchev–Trinajstić information content (AvgIpc) is 2.28. The quantitative estimate of drug-likeness (QED) is 0.767. The third kappa shape index (κ3) is 3.56. The van der Waals surface area contributed by atoms with Crippen molar-refractivity contribution in [3.05, 3.63) is 42.2 Å². The van der Waals surface area contributed by atoms with E-state index in [0.29, 0.717) is 12.1 Å². The van der Waals surface area contributed by atoms with Crippen molar-refractivity contribution in [2.75, 3.05) is 18.0 Å². The van der Waals surface area contributed by atoms with Crippen molar-refractivity contribution in [3.8, 4) is 0 Å². The molecular weight excluding hydrogens is 217 g/mol.